The molecule has 0 radical (unpaired) electrons. The van der Waals surface area contributed by atoms with E-state index in [-0.39, 0.29) is 5.75 Å². The Morgan fingerprint density at radius 1 is 1.33 bits per heavy atom. The number of sulfone groups is 1. The van der Waals surface area contributed by atoms with Crippen LogP contribution in [0.2, 0.25) is 0 Å². The molecule has 0 amide bonds. The van der Waals surface area contributed by atoms with E-state index in [1.54, 1.807) is 6.92 Å². The van der Waals surface area contributed by atoms with Gasteiger partial charge in [-0.2, -0.15) is 0 Å². The van der Waals surface area contributed by atoms with E-state index >= 15 is 0 Å². The molecule has 0 spiro atoms. The molecule has 1 aliphatic rings. The molecule has 0 saturated carbocycles. The van der Waals surface area contributed by atoms with Crippen LogP contribution in [0.3, 0.4) is 0 Å². The highest BCUT2D eigenvalue weighted by Crippen LogP contribution is 2.21. The molecule has 3 nitrogen and oxygen atoms in total. The fraction of sp³-hybridized carbons (Fsp3) is 1.00. The molecule has 1 fully saturated rings. The molecule has 90 valence electrons. The Balaban J connectivity index is 2.33. The van der Waals surface area contributed by atoms with Crippen molar-refractivity contribution in [2.24, 2.45) is 5.92 Å². The average Bonchev–Trinajstić information content (AvgIpc) is 2.27. The number of nitrogens with one attached hydrogen (secondary N) is 1. The molecule has 4 heteroatoms. The zero-order valence-electron chi connectivity index (χ0n) is 9.83. The van der Waals surface area contributed by atoms with E-state index < -0.39 is 9.84 Å². The summed E-state index contributed by atoms with van der Waals surface area (Å²) in [5.41, 5.74) is 0. The summed E-state index contributed by atoms with van der Waals surface area (Å²) in [7, 11) is -2.78. The maximum absolute atomic E-state index is 11.4. The molecular weight excluding hydrogens is 210 g/mol. The lowest BCUT2D eigenvalue weighted by atomic mass is 9.89. The first-order chi connectivity index (χ1) is 7.07. The van der Waals surface area contributed by atoms with Crippen molar-refractivity contribution < 1.29 is 8.42 Å². The SMILES string of the molecule is CCC1CCNC(CCS(=O)(=O)CC)C1. The van der Waals surface area contributed by atoms with Gasteiger partial charge in [-0.3, -0.25) is 0 Å². The predicted molar refractivity (Wildman–Crippen MR) is 63.8 cm³/mol. The van der Waals surface area contributed by atoms with Gasteiger partial charge in [-0.25, -0.2) is 8.42 Å². The van der Waals surface area contributed by atoms with Crippen LogP contribution in [0.1, 0.15) is 39.5 Å². The molecule has 2 unspecified atom stereocenters. The Labute approximate surface area is 93.6 Å². The van der Waals surface area contributed by atoms with Crippen molar-refractivity contribution in [2.75, 3.05) is 18.1 Å². The highest BCUT2D eigenvalue weighted by Gasteiger charge is 2.21. The summed E-state index contributed by atoms with van der Waals surface area (Å²) < 4.78 is 22.7. The standard InChI is InChI=1S/C11H23NO2S/c1-3-10-5-7-12-11(9-10)6-8-15(13,14)4-2/h10-12H,3-9H2,1-2H3. The third-order valence-electron chi connectivity index (χ3n) is 3.40. The number of piperidine rings is 1. The van der Waals surface area contributed by atoms with E-state index in [1.165, 1.54) is 12.8 Å². The Kier molecular flexibility index (Phi) is 5.06. The Morgan fingerprint density at radius 3 is 2.67 bits per heavy atom. The van der Waals surface area contributed by atoms with Gasteiger partial charge in [0.25, 0.3) is 0 Å². The average molecular weight is 233 g/mol. The van der Waals surface area contributed by atoms with Crippen molar-refractivity contribution in [2.45, 2.75) is 45.6 Å². The predicted octanol–water partition coefficient (Wildman–Crippen LogP) is 1.59. The number of hydrogen-bond donors (Lipinski definition) is 1. The minimum absolute atomic E-state index is 0.275. The molecule has 2 atom stereocenters. The molecule has 0 aromatic heterocycles. The third kappa shape index (κ3) is 4.51. The van der Waals surface area contributed by atoms with Crippen LogP contribution in [0.5, 0.6) is 0 Å². The first-order valence-electron chi connectivity index (χ1n) is 6.01. The van der Waals surface area contributed by atoms with Crippen molar-refractivity contribution in [3.05, 3.63) is 0 Å². The van der Waals surface area contributed by atoms with Crippen molar-refractivity contribution in [3.8, 4) is 0 Å². The second-order valence-electron chi connectivity index (χ2n) is 4.47. The summed E-state index contributed by atoms with van der Waals surface area (Å²) in [5, 5.41) is 3.42. The molecule has 1 heterocycles. The van der Waals surface area contributed by atoms with Gasteiger partial charge in [0.1, 0.15) is 9.84 Å². The lowest BCUT2D eigenvalue weighted by Crippen LogP contribution is -2.39. The molecule has 1 aliphatic heterocycles. The van der Waals surface area contributed by atoms with E-state index in [0.29, 0.717) is 11.8 Å². The summed E-state index contributed by atoms with van der Waals surface area (Å²) in [5.74, 6) is 1.41. The van der Waals surface area contributed by atoms with Gasteiger partial charge >= 0.3 is 0 Å². The maximum atomic E-state index is 11.4. The minimum Gasteiger partial charge on any atom is -0.314 e. The van der Waals surface area contributed by atoms with E-state index in [2.05, 4.69) is 12.2 Å². The molecule has 1 saturated heterocycles. The highest BCUT2D eigenvalue weighted by atomic mass is 32.2. The number of hydrogen-bond acceptors (Lipinski definition) is 3. The lowest BCUT2D eigenvalue weighted by Gasteiger charge is -2.29. The lowest BCUT2D eigenvalue weighted by molar-refractivity contribution is 0.290. The Hall–Kier alpha value is -0.0900. The van der Waals surface area contributed by atoms with Gasteiger partial charge in [-0.05, 0) is 31.7 Å². The Morgan fingerprint density at radius 2 is 2.07 bits per heavy atom. The molecule has 0 aliphatic carbocycles. The van der Waals surface area contributed by atoms with Gasteiger partial charge in [-0.15, -0.1) is 0 Å². The summed E-state index contributed by atoms with van der Waals surface area (Å²) >= 11 is 0. The molecule has 0 bridgehead atoms. The van der Waals surface area contributed by atoms with Crippen LogP contribution >= 0.6 is 0 Å². The van der Waals surface area contributed by atoms with Crippen molar-refractivity contribution in [3.63, 3.8) is 0 Å². The second-order valence-corrected chi connectivity index (χ2v) is 6.95. The zero-order valence-corrected chi connectivity index (χ0v) is 10.6. The fourth-order valence-corrected chi connectivity index (χ4v) is 3.08. The smallest absolute Gasteiger partial charge is 0.150 e. The molecular formula is C11H23NO2S. The minimum atomic E-state index is -2.78. The van der Waals surface area contributed by atoms with Crippen LogP contribution < -0.4 is 5.32 Å². The van der Waals surface area contributed by atoms with Crippen molar-refractivity contribution in [1.82, 2.24) is 5.32 Å². The van der Waals surface area contributed by atoms with Crippen LogP contribution in [0, 0.1) is 5.92 Å². The summed E-state index contributed by atoms with van der Waals surface area (Å²) in [6, 6.07) is 0.421. The van der Waals surface area contributed by atoms with Crippen molar-refractivity contribution >= 4 is 9.84 Å². The molecule has 0 aromatic carbocycles. The van der Waals surface area contributed by atoms with Gasteiger partial charge in [0.15, 0.2) is 0 Å². The maximum Gasteiger partial charge on any atom is 0.150 e. The normalized spacial score (nSPS) is 27.9. The Bertz CT molecular complexity index is 274. The largest absolute Gasteiger partial charge is 0.314 e. The number of rotatable bonds is 5. The summed E-state index contributed by atoms with van der Waals surface area (Å²) in [6.45, 7) is 4.99. The van der Waals surface area contributed by atoms with Crippen LogP contribution in [0.15, 0.2) is 0 Å². The van der Waals surface area contributed by atoms with E-state index in [1.807, 2.05) is 0 Å². The molecule has 15 heavy (non-hydrogen) atoms. The van der Waals surface area contributed by atoms with E-state index in [9.17, 15) is 8.42 Å². The van der Waals surface area contributed by atoms with Gasteiger partial charge in [0.05, 0.1) is 5.75 Å². The monoisotopic (exact) mass is 233 g/mol. The van der Waals surface area contributed by atoms with Gasteiger partial charge in [0, 0.05) is 11.8 Å². The first kappa shape index (κ1) is 13.0. The van der Waals surface area contributed by atoms with Crippen LogP contribution in [0.4, 0.5) is 0 Å². The van der Waals surface area contributed by atoms with Gasteiger partial charge in [0.2, 0.25) is 0 Å². The van der Waals surface area contributed by atoms with Crippen molar-refractivity contribution in [1.29, 1.82) is 0 Å². The van der Waals surface area contributed by atoms with Gasteiger partial charge < -0.3 is 5.32 Å². The van der Waals surface area contributed by atoms with Crippen LogP contribution in [-0.2, 0) is 9.84 Å². The second kappa shape index (κ2) is 5.85. The van der Waals surface area contributed by atoms with E-state index in [0.717, 1.165) is 25.3 Å². The van der Waals surface area contributed by atoms with E-state index in [4.69, 9.17) is 0 Å². The fourth-order valence-electron chi connectivity index (χ4n) is 2.15. The van der Waals surface area contributed by atoms with Gasteiger partial charge in [-0.1, -0.05) is 20.3 Å². The topological polar surface area (TPSA) is 46.2 Å². The van der Waals surface area contributed by atoms with Crippen LogP contribution in [0.25, 0.3) is 0 Å². The molecule has 0 aromatic rings. The summed E-state index contributed by atoms with van der Waals surface area (Å²) in [4.78, 5) is 0. The zero-order chi connectivity index (χ0) is 11.3. The molecule has 1 N–H and O–H groups in total. The van der Waals surface area contributed by atoms with Crippen LogP contribution in [-0.4, -0.2) is 32.5 Å². The molecule has 1 rings (SSSR count). The first-order valence-corrected chi connectivity index (χ1v) is 7.83. The highest BCUT2D eigenvalue weighted by molar-refractivity contribution is 7.91. The third-order valence-corrected chi connectivity index (χ3v) is 5.14. The quantitative estimate of drug-likeness (QED) is 0.784. The summed E-state index contributed by atoms with van der Waals surface area (Å²) in [6.07, 6.45) is 4.40.